The van der Waals surface area contributed by atoms with E-state index in [9.17, 15) is 4.79 Å². The lowest BCUT2D eigenvalue weighted by Gasteiger charge is -2.03. The zero-order valence-electron chi connectivity index (χ0n) is 9.05. The van der Waals surface area contributed by atoms with Crippen LogP contribution in [-0.2, 0) is 0 Å². The molecule has 0 atom stereocenters. The second-order valence-electron chi connectivity index (χ2n) is 3.87. The van der Waals surface area contributed by atoms with Crippen LogP contribution in [0, 0.1) is 0 Å². The number of nitrogens with one attached hydrogen (secondary N) is 1. The first-order chi connectivity index (χ1) is 8.33. The Hall–Kier alpha value is -2.42. The Morgan fingerprint density at radius 3 is 2.71 bits per heavy atom. The second kappa shape index (κ2) is 3.87. The minimum Gasteiger partial charge on any atom is -0.322 e. The maximum atomic E-state index is 11.3. The van der Waals surface area contributed by atoms with Gasteiger partial charge >= 0.3 is 0 Å². The number of hydrogen-bond acceptors (Lipinski definition) is 2. The van der Waals surface area contributed by atoms with Gasteiger partial charge in [0.1, 0.15) is 0 Å². The summed E-state index contributed by atoms with van der Waals surface area (Å²) in [4.78, 5) is 18.2. The SMILES string of the molecule is O=c1ccc2ccc(-c3cccnc3)cc2[nH]1. The van der Waals surface area contributed by atoms with Crippen molar-refractivity contribution in [2.45, 2.75) is 0 Å². The standard InChI is InChI=1S/C14H10N2O/c17-14-6-5-10-3-4-11(8-13(10)16-14)12-2-1-7-15-9-12/h1-9H,(H,16,17). The fraction of sp³-hybridized carbons (Fsp3) is 0. The van der Waals surface area contributed by atoms with Crippen molar-refractivity contribution < 1.29 is 0 Å². The number of hydrogen-bond donors (Lipinski definition) is 1. The van der Waals surface area contributed by atoms with E-state index < -0.39 is 0 Å². The molecule has 0 fully saturated rings. The Morgan fingerprint density at radius 1 is 1.00 bits per heavy atom. The Morgan fingerprint density at radius 2 is 1.88 bits per heavy atom. The fourth-order valence-corrected chi connectivity index (χ4v) is 1.86. The number of H-pyrrole nitrogens is 1. The highest BCUT2D eigenvalue weighted by atomic mass is 16.1. The van der Waals surface area contributed by atoms with Crippen molar-refractivity contribution in [2.24, 2.45) is 0 Å². The highest BCUT2D eigenvalue weighted by molar-refractivity contribution is 5.83. The van der Waals surface area contributed by atoms with Crippen molar-refractivity contribution in [3.05, 3.63) is 65.2 Å². The van der Waals surface area contributed by atoms with Gasteiger partial charge in [-0.2, -0.15) is 0 Å². The van der Waals surface area contributed by atoms with Crippen LogP contribution in [0.25, 0.3) is 22.0 Å². The zero-order chi connectivity index (χ0) is 11.7. The summed E-state index contributed by atoms with van der Waals surface area (Å²) < 4.78 is 0. The summed E-state index contributed by atoms with van der Waals surface area (Å²) in [5.74, 6) is 0. The van der Waals surface area contributed by atoms with Gasteiger partial charge in [-0.25, -0.2) is 0 Å². The summed E-state index contributed by atoms with van der Waals surface area (Å²) in [5, 5.41) is 1.03. The molecule has 0 spiro atoms. The quantitative estimate of drug-likeness (QED) is 0.687. The lowest BCUT2D eigenvalue weighted by Crippen LogP contribution is -2.02. The molecule has 2 heterocycles. The van der Waals surface area contributed by atoms with Crippen LogP contribution in [0.15, 0.2) is 59.7 Å². The van der Waals surface area contributed by atoms with E-state index in [4.69, 9.17) is 0 Å². The molecule has 82 valence electrons. The van der Waals surface area contributed by atoms with Crippen molar-refractivity contribution in [3.63, 3.8) is 0 Å². The predicted molar refractivity (Wildman–Crippen MR) is 67.8 cm³/mol. The Balaban J connectivity index is 2.23. The molecular weight excluding hydrogens is 212 g/mol. The van der Waals surface area contributed by atoms with Crippen molar-refractivity contribution in [3.8, 4) is 11.1 Å². The normalized spacial score (nSPS) is 10.6. The van der Waals surface area contributed by atoms with Gasteiger partial charge in [-0.15, -0.1) is 0 Å². The van der Waals surface area contributed by atoms with Crippen LogP contribution < -0.4 is 5.56 Å². The van der Waals surface area contributed by atoms with Crippen LogP contribution in [0.1, 0.15) is 0 Å². The van der Waals surface area contributed by atoms with Crippen LogP contribution in [-0.4, -0.2) is 9.97 Å². The van der Waals surface area contributed by atoms with Gasteiger partial charge in [0, 0.05) is 29.5 Å². The highest BCUT2D eigenvalue weighted by Crippen LogP contribution is 2.21. The van der Waals surface area contributed by atoms with Crippen LogP contribution in [0.3, 0.4) is 0 Å². The van der Waals surface area contributed by atoms with Crippen LogP contribution >= 0.6 is 0 Å². The summed E-state index contributed by atoms with van der Waals surface area (Å²) in [6.45, 7) is 0. The van der Waals surface area contributed by atoms with E-state index in [1.165, 1.54) is 6.07 Å². The monoisotopic (exact) mass is 222 g/mol. The van der Waals surface area contributed by atoms with Gasteiger partial charge in [-0.3, -0.25) is 9.78 Å². The van der Waals surface area contributed by atoms with E-state index in [1.54, 1.807) is 6.20 Å². The number of aromatic amines is 1. The molecule has 3 heteroatoms. The third-order valence-corrected chi connectivity index (χ3v) is 2.72. The van der Waals surface area contributed by atoms with Crippen molar-refractivity contribution in [2.75, 3.05) is 0 Å². The summed E-state index contributed by atoms with van der Waals surface area (Å²) in [6.07, 6.45) is 3.55. The lowest BCUT2D eigenvalue weighted by atomic mass is 10.1. The molecule has 3 rings (SSSR count). The molecule has 0 aliphatic rings. The average Bonchev–Trinajstić information content (AvgIpc) is 2.39. The minimum absolute atomic E-state index is 0.0826. The van der Waals surface area contributed by atoms with Crippen LogP contribution in [0.2, 0.25) is 0 Å². The molecule has 1 aromatic carbocycles. The van der Waals surface area contributed by atoms with Crippen molar-refractivity contribution in [1.29, 1.82) is 0 Å². The molecule has 0 bridgehead atoms. The van der Waals surface area contributed by atoms with E-state index in [-0.39, 0.29) is 5.56 Å². The number of pyridine rings is 2. The molecule has 0 aliphatic heterocycles. The van der Waals surface area contributed by atoms with Crippen LogP contribution in [0.4, 0.5) is 0 Å². The molecule has 0 unspecified atom stereocenters. The van der Waals surface area contributed by atoms with Gasteiger partial charge in [0.05, 0.1) is 0 Å². The smallest absolute Gasteiger partial charge is 0.248 e. The van der Waals surface area contributed by atoms with Crippen molar-refractivity contribution in [1.82, 2.24) is 9.97 Å². The molecule has 17 heavy (non-hydrogen) atoms. The molecule has 0 amide bonds. The van der Waals surface area contributed by atoms with E-state index in [2.05, 4.69) is 9.97 Å². The van der Waals surface area contributed by atoms with Gasteiger partial charge in [0.15, 0.2) is 0 Å². The number of rotatable bonds is 1. The molecule has 3 aromatic rings. The Bertz CT molecular complexity index is 717. The number of benzene rings is 1. The van der Waals surface area contributed by atoms with Gasteiger partial charge in [-0.1, -0.05) is 18.2 Å². The second-order valence-corrected chi connectivity index (χ2v) is 3.87. The average molecular weight is 222 g/mol. The van der Waals surface area contributed by atoms with E-state index in [1.807, 2.05) is 42.6 Å². The van der Waals surface area contributed by atoms with E-state index in [0.29, 0.717) is 0 Å². The van der Waals surface area contributed by atoms with Gasteiger partial charge in [-0.05, 0) is 29.1 Å². The molecule has 1 N–H and O–H groups in total. The third-order valence-electron chi connectivity index (χ3n) is 2.72. The summed E-state index contributed by atoms with van der Waals surface area (Å²) >= 11 is 0. The number of aromatic nitrogens is 2. The molecule has 0 saturated heterocycles. The first-order valence-corrected chi connectivity index (χ1v) is 5.36. The fourth-order valence-electron chi connectivity index (χ4n) is 1.86. The molecular formula is C14H10N2O. The third kappa shape index (κ3) is 1.83. The first-order valence-electron chi connectivity index (χ1n) is 5.36. The zero-order valence-corrected chi connectivity index (χ0v) is 9.05. The Labute approximate surface area is 97.8 Å². The summed E-state index contributed by atoms with van der Waals surface area (Å²) in [6, 6.07) is 13.2. The maximum Gasteiger partial charge on any atom is 0.248 e. The molecule has 0 saturated carbocycles. The molecule has 2 aromatic heterocycles. The minimum atomic E-state index is -0.0826. The summed E-state index contributed by atoms with van der Waals surface area (Å²) in [5.41, 5.74) is 2.85. The van der Waals surface area contributed by atoms with E-state index >= 15 is 0 Å². The number of nitrogens with zero attached hydrogens (tertiary/aromatic N) is 1. The van der Waals surface area contributed by atoms with E-state index in [0.717, 1.165) is 22.0 Å². The first kappa shape index (κ1) is 9.78. The molecule has 0 radical (unpaired) electrons. The lowest BCUT2D eigenvalue weighted by molar-refractivity contribution is 1.30. The predicted octanol–water partition coefficient (Wildman–Crippen LogP) is 2.59. The molecule has 3 nitrogen and oxygen atoms in total. The van der Waals surface area contributed by atoms with Crippen LogP contribution in [0.5, 0.6) is 0 Å². The summed E-state index contributed by atoms with van der Waals surface area (Å²) in [7, 11) is 0. The van der Waals surface area contributed by atoms with Gasteiger partial charge < -0.3 is 4.98 Å². The van der Waals surface area contributed by atoms with Gasteiger partial charge in [0.25, 0.3) is 0 Å². The molecule has 0 aliphatic carbocycles. The Kier molecular flexibility index (Phi) is 2.22. The highest BCUT2D eigenvalue weighted by Gasteiger charge is 1.99. The largest absolute Gasteiger partial charge is 0.322 e. The van der Waals surface area contributed by atoms with Crippen molar-refractivity contribution >= 4 is 10.9 Å². The number of fused-ring (bicyclic) bond motifs is 1. The topological polar surface area (TPSA) is 45.8 Å². The maximum absolute atomic E-state index is 11.3. The van der Waals surface area contributed by atoms with Gasteiger partial charge in [0.2, 0.25) is 5.56 Å².